The molecule has 0 aliphatic rings. The Balaban J connectivity index is 2.01. The van der Waals surface area contributed by atoms with Crippen LogP contribution in [0, 0.1) is 5.92 Å². The number of ether oxygens (including phenoxy) is 1. The summed E-state index contributed by atoms with van der Waals surface area (Å²) in [5, 5.41) is 7.08. The molecular weight excluding hydrogens is 487 g/mol. The number of benzene rings is 2. The fourth-order valence-corrected chi connectivity index (χ4v) is 3.29. The van der Waals surface area contributed by atoms with E-state index in [0.29, 0.717) is 26.8 Å². The van der Waals surface area contributed by atoms with Gasteiger partial charge in [-0.05, 0) is 42.5 Å². The largest absolute Gasteiger partial charge is 0.468 e. The van der Waals surface area contributed by atoms with E-state index in [-0.39, 0.29) is 12.1 Å². The molecule has 0 spiro atoms. The lowest BCUT2D eigenvalue weighted by molar-refractivity contribution is -0.143. The minimum atomic E-state index is -1.41. The normalized spacial score (nSPS) is 12.1. The number of amides is 3. The Morgan fingerprint density at radius 2 is 1.82 bits per heavy atom. The zero-order valence-corrected chi connectivity index (χ0v) is 19.1. The van der Waals surface area contributed by atoms with Crippen molar-refractivity contribution >= 4 is 63.5 Å². The molecule has 3 rings (SSSR count). The van der Waals surface area contributed by atoms with Gasteiger partial charge in [0.2, 0.25) is 0 Å². The van der Waals surface area contributed by atoms with Crippen molar-refractivity contribution in [1.29, 1.82) is 0 Å². The average Bonchev–Trinajstić information content (AvgIpc) is 2.79. The molecule has 0 fully saturated rings. The van der Waals surface area contributed by atoms with Gasteiger partial charge < -0.3 is 20.8 Å². The van der Waals surface area contributed by atoms with Crippen LogP contribution in [0.15, 0.2) is 52.4 Å². The number of aromatic amines is 1. The lowest BCUT2D eigenvalue weighted by Crippen LogP contribution is -2.40. The number of hydrazone groups is 1. The summed E-state index contributed by atoms with van der Waals surface area (Å²) in [5.74, 6) is -3.16. The van der Waals surface area contributed by atoms with Crippen LogP contribution in [0.5, 0.6) is 0 Å². The number of carbonyl (C=O) groups is 3. The van der Waals surface area contributed by atoms with E-state index < -0.39 is 35.1 Å². The van der Waals surface area contributed by atoms with Crippen molar-refractivity contribution < 1.29 is 19.1 Å². The van der Waals surface area contributed by atoms with Crippen LogP contribution in [0.3, 0.4) is 0 Å². The molecule has 0 aliphatic carbocycles. The van der Waals surface area contributed by atoms with Gasteiger partial charge in [-0.15, -0.1) is 0 Å². The first-order valence-electron chi connectivity index (χ1n) is 9.64. The summed E-state index contributed by atoms with van der Waals surface area (Å²) in [6.45, 7) is 0. The molecule has 1 heterocycles. The molecule has 13 heteroatoms. The van der Waals surface area contributed by atoms with Crippen LogP contribution in [0.1, 0.15) is 5.69 Å². The predicted octanol–water partition coefficient (Wildman–Crippen LogP) is 2.22. The van der Waals surface area contributed by atoms with Gasteiger partial charge in [-0.2, -0.15) is 5.10 Å². The van der Waals surface area contributed by atoms with Gasteiger partial charge in [-0.1, -0.05) is 23.2 Å². The maximum atomic E-state index is 13.0. The van der Waals surface area contributed by atoms with E-state index in [9.17, 15) is 19.2 Å². The minimum absolute atomic E-state index is 0.0729. The van der Waals surface area contributed by atoms with Crippen LogP contribution < -0.4 is 22.0 Å². The molecule has 2 aromatic carbocycles. The molecular formula is C21H18Cl2N6O5. The van der Waals surface area contributed by atoms with Gasteiger partial charge in [-0.3, -0.25) is 14.4 Å². The smallest absolute Gasteiger partial charge is 0.332 e. The molecule has 0 saturated carbocycles. The minimum Gasteiger partial charge on any atom is -0.468 e. The SMILES string of the molecule is COC(=O)C(Cc1nc2ccc(Cl)cc2[nH]c1=O)C(=NNC(N)=O)C(=O)Nc1ccc(Cl)cc1. The number of methoxy groups -OCH3 is 1. The summed E-state index contributed by atoms with van der Waals surface area (Å²) >= 11 is 11.8. The highest BCUT2D eigenvalue weighted by molar-refractivity contribution is 6.46. The maximum absolute atomic E-state index is 13.0. The molecule has 5 N–H and O–H groups in total. The Bertz CT molecular complexity index is 1340. The van der Waals surface area contributed by atoms with Gasteiger partial charge >= 0.3 is 12.0 Å². The zero-order chi connectivity index (χ0) is 24.8. The molecule has 11 nitrogen and oxygen atoms in total. The van der Waals surface area contributed by atoms with Crippen molar-refractivity contribution in [1.82, 2.24) is 15.4 Å². The van der Waals surface area contributed by atoms with E-state index in [1.807, 2.05) is 5.43 Å². The number of primary amides is 1. The number of nitrogens with two attached hydrogens (primary N) is 1. The third kappa shape index (κ3) is 6.09. The number of hydrogen-bond donors (Lipinski definition) is 4. The molecule has 1 unspecified atom stereocenters. The number of aromatic nitrogens is 2. The van der Waals surface area contributed by atoms with E-state index >= 15 is 0 Å². The Labute approximate surface area is 202 Å². The van der Waals surface area contributed by atoms with E-state index in [1.165, 1.54) is 30.3 Å². The van der Waals surface area contributed by atoms with Crippen molar-refractivity contribution in [2.45, 2.75) is 6.42 Å². The topological polar surface area (TPSA) is 169 Å². The first kappa shape index (κ1) is 24.7. The molecule has 0 radical (unpaired) electrons. The highest BCUT2D eigenvalue weighted by atomic mass is 35.5. The van der Waals surface area contributed by atoms with Crippen molar-refractivity contribution in [3.05, 3.63) is 68.6 Å². The van der Waals surface area contributed by atoms with Crippen molar-refractivity contribution in [2.24, 2.45) is 16.8 Å². The van der Waals surface area contributed by atoms with Gasteiger partial charge in [-0.25, -0.2) is 15.2 Å². The second-order valence-corrected chi connectivity index (χ2v) is 7.76. The van der Waals surface area contributed by atoms with Crippen LogP contribution in [-0.2, 0) is 20.7 Å². The molecule has 1 aromatic heterocycles. The summed E-state index contributed by atoms with van der Waals surface area (Å²) in [5.41, 5.74) is 7.00. The highest BCUT2D eigenvalue weighted by Crippen LogP contribution is 2.18. The monoisotopic (exact) mass is 504 g/mol. The van der Waals surface area contributed by atoms with Gasteiger partial charge in [0.05, 0.1) is 18.1 Å². The summed E-state index contributed by atoms with van der Waals surface area (Å²) in [6, 6.07) is 9.74. The Morgan fingerprint density at radius 3 is 2.47 bits per heavy atom. The fourth-order valence-electron chi connectivity index (χ4n) is 2.99. The molecule has 1 atom stereocenters. The molecule has 3 aromatic rings. The van der Waals surface area contributed by atoms with Gasteiger partial charge in [0, 0.05) is 22.2 Å². The Hall–Kier alpha value is -3.96. The molecule has 34 heavy (non-hydrogen) atoms. The summed E-state index contributed by atoms with van der Waals surface area (Å²) in [6.07, 6.45) is -0.367. The van der Waals surface area contributed by atoms with Gasteiger partial charge in [0.1, 0.15) is 17.3 Å². The van der Waals surface area contributed by atoms with E-state index in [1.54, 1.807) is 12.1 Å². The van der Waals surface area contributed by atoms with Crippen molar-refractivity contribution in [2.75, 3.05) is 12.4 Å². The van der Waals surface area contributed by atoms with Gasteiger partial charge in [0.25, 0.3) is 11.5 Å². The number of halogens is 2. The average molecular weight is 505 g/mol. The number of H-pyrrole nitrogens is 1. The molecule has 0 aliphatic heterocycles. The van der Waals surface area contributed by atoms with Crippen LogP contribution in [0.25, 0.3) is 11.0 Å². The maximum Gasteiger partial charge on any atom is 0.332 e. The Kier molecular flexibility index (Phi) is 7.82. The second-order valence-electron chi connectivity index (χ2n) is 6.89. The standard InChI is InChI=1S/C21H18Cl2N6O5/c1-34-20(32)13(9-16-18(30)27-15-8-11(23)4-7-14(15)26-16)17(28-29-21(24)33)19(31)25-12-5-2-10(22)3-6-12/h2-8,13H,9H2,1H3,(H,25,31)(H,27,30)(H3,24,29,33). The van der Waals surface area contributed by atoms with Crippen LogP contribution in [-0.4, -0.2) is 40.7 Å². The third-order valence-electron chi connectivity index (χ3n) is 4.56. The van der Waals surface area contributed by atoms with Crippen LogP contribution in [0.2, 0.25) is 10.0 Å². The number of hydrogen-bond acceptors (Lipinski definition) is 7. The predicted molar refractivity (Wildman–Crippen MR) is 127 cm³/mol. The quantitative estimate of drug-likeness (QED) is 0.218. The summed E-state index contributed by atoms with van der Waals surface area (Å²) in [4.78, 5) is 56.4. The van der Waals surface area contributed by atoms with Crippen molar-refractivity contribution in [3.8, 4) is 0 Å². The number of nitrogens with zero attached hydrogens (tertiary/aromatic N) is 2. The van der Waals surface area contributed by atoms with Crippen LogP contribution >= 0.6 is 23.2 Å². The zero-order valence-electron chi connectivity index (χ0n) is 17.6. The molecule has 3 amide bonds. The first-order chi connectivity index (χ1) is 16.2. The number of fused-ring (bicyclic) bond motifs is 1. The fraction of sp³-hybridized carbons (Fsp3) is 0.143. The molecule has 0 bridgehead atoms. The lowest BCUT2D eigenvalue weighted by atomic mass is 9.96. The van der Waals surface area contributed by atoms with Crippen molar-refractivity contribution in [3.63, 3.8) is 0 Å². The van der Waals surface area contributed by atoms with Crippen LogP contribution in [0.4, 0.5) is 10.5 Å². The number of urea groups is 1. The molecule has 0 saturated heterocycles. The number of esters is 1. The first-order valence-corrected chi connectivity index (χ1v) is 10.4. The summed E-state index contributed by atoms with van der Waals surface area (Å²) < 4.78 is 4.81. The number of anilines is 1. The lowest BCUT2D eigenvalue weighted by Gasteiger charge is -2.17. The van der Waals surface area contributed by atoms with E-state index in [2.05, 4.69) is 20.4 Å². The third-order valence-corrected chi connectivity index (χ3v) is 5.05. The van der Waals surface area contributed by atoms with E-state index in [4.69, 9.17) is 33.7 Å². The molecule has 176 valence electrons. The summed E-state index contributed by atoms with van der Waals surface area (Å²) in [7, 11) is 1.10. The number of carbonyl (C=O) groups excluding carboxylic acids is 3. The van der Waals surface area contributed by atoms with E-state index in [0.717, 1.165) is 7.11 Å². The number of nitrogens with one attached hydrogen (secondary N) is 3. The number of rotatable bonds is 7. The van der Waals surface area contributed by atoms with Gasteiger partial charge in [0.15, 0.2) is 0 Å². The Morgan fingerprint density at radius 1 is 1.15 bits per heavy atom. The second kappa shape index (κ2) is 10.8. The highest BCUT2D eigenvalue weighted by Gasteiger charge is 2.33.